The van der Waals surface area contributed by atoms with E-state index in [9.17, 15) is 9.59 Å². The van der Waals surface area contributed by atoms with Crippen molar-refractivity contribution in [1.29, 1.82) is 0 Å². The molecule has 3 atom stereocenters. The summed E-state index contributed by atoms with van der Waals surface area (Å²) in [6.45, 7) is 8.05. The van der Waals surface area contributed by atoms with Gasteiger partial charge >= 0.3 is 6.09 Å². The van der Waals surface area contributed by atoms with Crippen LogP contribution in [0.3, 0.4) is 0 Å². The van der Waals surface area contributed by atoms with Gasteiger partial charge < -0.3 is 4.74 Å². The molecule has 0 spiro atoms. The zero-order chi connectivity index (χ0) is 17.0. The van der Waals surface area contributed by atoms with Crippen molar-refractivity contribution < 1.29 is 14.3 Å². The maximum atomic E-state index is 12.3. The first-order valence-electron chi connectivity index (χ1n) is 8.46. The molecule has 1 saturated carbocycles. The minimum Gasteiger partial charge on any atom is -0.446 e. The number of nitrogens with one attached hydrogen (secondary N) is 1. The van der Waals surface area contributed by atoms with Crippen LogP contribution in [0.15, 0.2) is 24.3 Å². The Hall–Kier alpha value is -1.84. The molecule has 0 aromatic heterocycles. The van der Waals surface area contributed by atoms with Crippen LogP contribution in [0.4, 0.5) is 10.5 Å². The standard InChI is InChI=1S/C19H27NO3/c1-12(2)15-10-9-13(3)11-18(15)23-19(22)20-17-8-6-5-7-16(17)14(4)21/h5-8,12-13,15,18H,9-11H2,1-4H3,(H,20,22)/t13-,15+,18-/m1/s1. The van der Waals surface area contributed by atoms with Crippen LogP contribution in [0.25, 0.3) is 0 Å². The quantitative estimate of drug-likeness (QED) is 0.804. The first-order valence-corrected chi connectivity index (χ1v) is 8.46. The Bertz CT molecular complexity index is 567. The van der Waals surface area contributed by atoms with Gasteiger partial charge in [0.05, 0.1) is 5.69 Å². The molecule has 126 valence electrons. The molecule has 1 aliphatic carbocycles. The van der Waals surface area contributed by atoms with Crippen LogP contribution in [0.2, 0.25) is 0 Å². The molecule has 2 rings (SSSR count). The molecule has 1 fully saturated rings. The van der Waals surface area contributed by atoms with Crippen LogP contribution in [-0.2, 0) is 4.74 Å². The van der Waals surface area contributed by atoms with Crippen LogP contribution in [-0.4, -0.2) is 18.0 Å². The summed E-state index contributed by atoms with van der Waals surface area (Å²) in [5, 5.41) is 2.73. The number of hydrogen-bond donors (Lipinski definition) is 1. The van der Waals surface area contributed by atoms with Gasteiger partial charge in [0.25, 0.3) is 0 Å². The summed E-state index contributed by atoms with van der Waals surface area (Å²) in [4.78, 5) is 23.9. The third-order valence-corrected chi connectivity index (χ3v) is 4.76. The van der Waals surface area contributed by atoms with E-state index in [0.29, 0.717) is 29.0 Å². The minimum absolute atomic E-state index is 0.0526. The van der Waals surface area contributed by atoms with E-state index in [1.807, 2.05) is 0 Å². The van der Waals surface area contributed by atoms with E-state index in [1.165, 1.54) is 13.3 Å². The lowest BCUT2D eigenvalue weighted by atomic mass is 9.75. The van der Waals surface area contributed by atoms with E-state index in [1.54, 1.807) is 24.3 Å². The van der Waals surface area contributed by atoms with E-state index in [2.05, 4.69) is 26.1 Å². The minimum atomic E-state index is -0.469. The molecule has 0 saturated heterocycles. The predicted molar refractivity (Wildman–Crippen MR) is 91.7 cm³/mol. The topological polar surface area (TPSA) is 55.4 Å². The maximum absolute atomic E-state index is 12.3. The number of carbonyl (C=O) groups is 2. The summed E-state index contributed by atoms with van der Waals surface area (Å²) in [7, 11) is 0. The Morgan fingerprint density at radius 3 is 2.57 bits per heavy atom. The number of anilines is 1. The number of hydrogen-bond acceptors (Lipinski definition) is 3. The monoisotopic (exact) mass is 317 g/mol. The number of Topliss-reactive ketones (excluding diaryl/α,β-unsaturated/α-hetero) is 1. The van der Waals surface area contributed by atoms with Crippen LogP contribution in [0.5, 0.6) is 0 Å². The second-order valence-corrected chi connectivity index (χ2v) is 7.00. The average molecular weight is 317 g/mol. The van der Waals surface area contributed by atoms with Gasteiger partial charge in [0.15, 0.2) is 5.78 Å². The zero-order valence-corrected chi connectivity index (χ0v) is 14.5. The number of benzene rings is 1. The SMILES string of the molecule is CC(=O)c1ccccc1NC(=O)O[C@@H]1C[C@H](C)CC[C@H]1C(C)C. The Morgan fingerprint density at radius 2 is 1.91 bits per heavy atom. The number of para-hydroxylation sites is 1. The van der Waals surface area contributed by atoms with Gasteiger partial charge in [0, 0.05) is 5.56 Å². The highest BCUT2D eigenvalue weighted by Crippen LogP contribution is 2.35. The molecule has 0 aliphatic heterocycles. The molecule has 1 aromatic rings. The summed E-state index contributed by atoms with van der Waals surface area (Å²) in [5.74, 6) is 1.39. The largest absolute Gasteiger partial charge is 0.446 e. The molecule has 4 heteroatoms. The highest BCUT2D eigenvalue weighted by Gasteiger charge is 2.33. The zero-order valence-electron chi connectivity index (χ0n) is 14.5. The Labute approximate surface area is 138 Å². The summed E-state index contributed by atoms with van der Waals surface area (Å²) >= 11 is 0. The first kappa shape index (κ1) is 17.5. The van der Waals surface area contributed by atoms with E-state index < -0.39 is 6.09 Å². The highest BCUT2D eigenvalue weighted by atomic mass is 16.6. The van der Waals surface area contributed by atoms with Gasteiger partial charge in [0.1, 0.15) is 6.10 Å². The van der Waals surface area contributed by atoms with Crippen LogP contribution < -0.4 is 5.32 Å². The lowest BCUT2D eigenvalue weighted by Crippen LogP contribution is -2.37. The third-order valence-electron chi connectivity index (χ3n) is 4.76. The van der Waals surface area contributed by atoms with Crippen LogP contribution in [0, 0.1) is 17.8 Å². The number of rotatable bonds is 4. The van der Waals surface area contributed by atoms with Crippen molar-refractivity contribution in [3.63, 3.8) is 0 Å². The third kappa shape index (κ3) is 4.57. The fourth-order valence-corrected chi connectivity index (χ4v) is 3.43. The second kappa shape index (κ2) is 7.62. The van der Waals surface area contributed by atoms with Gasteiger partial charge in [0.2, 0.25) is 0 Å². The van der Waals surface area contributed by atoms with Gasteiger partial charge in [-0.05, 0) is 49.7 Å². The number of amides is 1. The van der Waals surface area contributed by atoms with Crippen molar-refractivity contribution in [2.75, 3.05) is 5.32 Å². The summed E-state index contributed by atoms with van der Waals surface area (Å²) in [6.07, 6.45) is 2.68. The molecule has 0 unspecified atom stereocenters. The molecule has 4 nitrogen and oxygen atoms in total. The van der Waals surface area contributed by atoms with E-state index in [0.717, 1.165) is 12.8 Å². The van der Waals surface area contributed by atoms with E-state index in [4.69, 9.17) is 4.74 Å². The average Bonchev–Trinajstić information content (AvgIpc) is 2.47. The van der Waals surface area contributed by atoms with E-state index >= 15 is 0 Å². The smallest absolute Gasteiger partial charge is 0.411 e. The molecule has 1 aliphatic rings. The summed E-state index contributed by atoms with van der Waals surface area (Å²) in [6, 6.07) is 7.01. The molecule has 1 aromatic carbocycles. The number of ether oxygens (including phenoxy) is 1. The van der Waals surface area contributed by atoms with Crippen molar-refractivity contribution >= 4 is 17.6 Å². The molecular weight excluding hydrogens is 290 g/mol. The van der Waals surface area contributed by atoms with E-state index in [-0.39, 0.29) is 11.9 Å². The normalized spacial score (nSPS) is 24.3. The van der Waals surface area contributed by atoms with Gasteiger partial charge in [-0.25, -0.2) is 4.79 Å². The molecule has 1 amide bonds. The highest BCUT2D eigenvalue weighted by molar-refractivity contribution is 6.02. The Morgan fingerprint density at radius 1 is 1.22 bits per heavy atom. The molecule has 23 heavy (non-hydrogen) atoms. The molecule has 1 N–H and O–H groups in total. The van der Waals surface area contributed by atoms with Crippen LogP contribution in [0.1, 0.15) is 57.3 Å². The molecule has 0 bridgehead atoms. The number of carbonyl (C=O) groups excluding carboxylic acids is 2. The lowest BCUT2D eigenvalue weighted by molar-refractivity contribution is 0.0126. The molecule has 0 heterocycles. The van der Waals surface area contributed by atoms with Gasteiger partial charge in [-0.2, -0.15) is 0 Å². The Kier molecular flexibility index (Phi) is 5.80. The van der Waals surface area contributed by atoms with Gasteiger partial charge in [-0.1, -0.05) is 39.3 Å². The van der Waals surface area contributed by atoms with Crippen molar-refractivity contribution in [2.24, 2.45) is 17.8 Å². The van der Waals surface area contributed by atoms with Gasteiger partial charge in [-0.15, -0.1) is 0 Å². The van der Waals surface area contributed by atoms with Gasteiger partial charge in [-0.3, -0.25) is 10.1 Å². The van der Waals surface area contributed by atoms with Crippen molar-refractivity contribution in [3.8, 4) is 0 Å². The summed E-state index contributed by atoms with van der Waals surface area (Å²) in [5.41, 5.74) is 1.01. The fourth-order valence-electron chi connectivity index (χ4n) is 3.43. The van der Waals surface area contributed by atoms with Crippen molar-refractivity contribution in [2.45, 2.75) is 53.1 Å². The molecule has 0 radical (unpaired) electrons. The maximum Gasteiger partial charge on any atom is 0.411 e. The first-order chi connectivity index (χ1) is 10.9. The van der Waals surface area contributed by atoms with Crippen LogP contribution >= 0.6 is 0 Å². The summed E-state index contributed by atoms with van der Waals surface area (Å²) < 4.78 is 5.71. The Balaban J connectivity index is 2.05. The number of ketones is 1. The van der Waals surface area contributed by atoms with Crippen molar-refractivity contribution in [3.05, 3.63) is 29.8 Å². The molecular formula is C19H27NO3. The second-order valence-electron chi connectivity index (χ2n) is 7.00. The lowest BCUT2D eigenvalue weighted by Gasteiger charge is -2.36. The predicted octanol–water partition coefficient (Wildman–Crippen LogP) is 4.90. The fraction of sp³-hybridized carbons (Fsp3) is 0.579. The van der Waals surface area contributed by atoms with Crippen molar-refractivity contribution in [1.82, 2.24) is 0 Å².